The van der Waals surface area contributed by atoms with Gasteiger partial charge in [-0.3, -0.25) is 0 Å². The standard InChI is InChI=1S/C17H10ClN3O/c18-17-20-13(11-7-3-1-4-8-11)14-16(21-17)22-15(19-14)12-9-5-2-6-10-12/h1-10H. The molecule has 0 fully saturated rings. The second-order valence-electron chi connectivity index (χ2n) is 4.75. The van der Waals surface area contributed by atoms with Crippen molar-refractivity contribution in [1.82, 2.24) is 15.0 Å². The zero-order valence-electron chi connectivity index (χ0n) is 11.4. The van der Waals surface area contributed by atoms with Gasteiger partial charge in [-0.1, -0.05) is 48.5 Å². The van der Waals surface area contributed by atoms with Crippen molar-refractivity contribution < 1.29 is 4.42 Å². The molecular weight excluding hydrogens is 298 g/mol. The SMILES string of the molecule is Clc1nc(-c2ccccc2)c2nc(-c3ccccc3)oc2n1. The Morgan fingerprint density at radius 2 is 1.36 bits per heavy atom. The average Bonchev–Trinajstić information content (AvgIpc) is 2.99. The Morgan fingerprint density at radius 1 is 0.727 bits per heavy atom. The lowest BCUT2D eigenvalue weighted by Gasteiger charge is -2.00. The summed E-state index contributed by atoms with van der Waals surface area (Å²) < 4.78 is 5.75. The first-order valence-corrected chi connectivity index (χ1v) is 7.14. The maximum absolute atomic E-state index is 6.02. The minimum atomic E-state index is 0.141. The van der Waals surface area contributed by atoms with E-state index in [4.69, 9.17) is 16.0 Å². The molecule has 2 aromatic carbocycles. The van der Waals surface area contributed by atoms with Gasteiger partial charge in [-0.05, 0) is 23.7 Å². The second kappa shape index (κ2) is 5.24. The number of hydrogen-bond donors (Lipinski definition) is 0. The number of fused-ring (bicyclic) bond motifs is 1. The lowest BCUT2D eigenvalue weighted by molar-refractivity contribution is 0.607. The largest absolute Gasteiger partial charge is 0.417 e. The summed E-state index contributed by atoms with van der Waals surface area (Å²) in [6.07, 6.45) is 0. The van der Waals surface area contributed by atoms with E-state index in [0.717, 1.165) is 11.1 Å². The molecule has 4 rings (SSSR count). The van der Waals surface area contributed by atoms with Crippen LogP contribution in [0.1, 0.15) is 0 Å². The van der Waals surface area contributed by atoms with Crippen molar-refractivity contribution in [2.45, 2.75) is 0 Å². The van der Waals surface area contributed by atoms with Gasteiger partial charge in [0, 0.05) is 11.1 Å². The third kappa shape index (κ3) is 2.23. The molecule has 0 N–H and O–H groups in total. The zero-order valence-corrected chi connectivity index (χ0v) is 12.2. The third-order valence-electron chi connectivity index (χ3n) is 3.30. The second-order valence-corrected chi connectivity index (χ2v) is 5.08. The number of aromatic nitrogens is 3. The van der Waals surface area contributed by atoms with Crippen LogP contribution in [0.5, 0.6) is 0 Å². The number of hydrogen-bond acceptors (Lipinski definition) is 4. The maximum atomic E-state index is 6.02. The smallest absolute Gasteiger partial charge is 0.252 e. The Hall–Kier alpha value is -2.72. The van der Waals surface area contributed by atoms with Gasteiger partial charge in [0.25, 0.3) is 5.71 Å². The molecule has 0 spiro atoms. The van der Waals surface area contributed by atoms with Crippen LogP contribution < -0.4 is 0 Å². The van der Waals surface area contributed by atoms with Crippen LogP contribution in [0.15, 0.2) is 65.1 Å². The highest BCUT2D eigenvalue weighted by molar-refractivity contribution is 6.28. The van der Waals surface area contributed by atoms with Crippen molar-refractivity contribution in [3.63, 3.8) is 0 Å². The van der Waals surface area contributed by atoms with E-state index in [1.807, 2.05) is 60.7 Å². The Kier molecular flexibility index (Phi) is 3.09. The fourth-order valence-corrected chi connectivity index (χ4v) is 2.46. The van der Waals surface area contributed by atoms with Gasteiger partial charge in [-0.15, -0.1) is 0 Å². The van der Waals surface area contributed by atoms with E-state index in [-0.39, 0.29) is 5.28 Å². The molecule has 5 heteroatoms. The van der Waals surface area contributed by atoms with Gasteiger partial charge in [0.15, 0.2) is 5.52 Å². The molecule has 0 aliphatic heterocycles. The summed E-state index contributed by atoms with van der Waals surface area (Å²) in [6.45, 7) is 0. The van der Waals surface area contributed by atoms with E-state index in [1.165, 1.54) is 0 Å². The molecule has 4 nitrogen and oxygen atoms in total. The number of oxazole rings is 1. The fraction of sp³-hybridized carbons (Fsp3) is 0. The molecule has 0 saturated heterocycles. The number of halogens is 1. The van der Waals surface area contributed by atoms with E-state index in [1.54, 1.807) is 0 Å². The average molecular weight is 308 g/mol. The van der Waals surface area contributed by atoms with E-state index in [9.17, 15) is 0 Å². The summed E-state index contributed by atoms with van der Waals surface area (Å²) in [5.74, 6) is 0.504. The van der Waals surface area contributed by atoms with Gasteiger partial charge in [0.05, 0.1) is 0 Å². The van der Waals surface area contributed by atoms with Crippen LogP contribution in [0, 0.1) is 0 Å². The molecule has 0 atom stereocenters. The van der Waals surface area contributed by atoms with Crippen molar-refractivity contribution in [2.24, 2.45) is 0 Å². The van der Waals surface area contributed by atoms with Crippen LogP contribution in [0.25, 0.3) is 33.9 Å². The highest BCUT2D eigenvalue weighted by atomic mass is 35.5. The molecule has 0 aliphatic carbocycles. The summed E-state index contributed by atoms with van der Waals surface area (Å²) in [7, 11) is 0. The molecule has 0 unspecified atom stereocenters. The summed E-state index contributed by atoms with van der Waals surface area (Å²) in [6, 6.07) is 19.4. The first-order chi connectivity index (χ1) is 10.8. The number of rotatable bonds is 2. The fourth-order valence-electron chi connectivity index (χ4n) is 2.30. The number of nitrogens with zero attached hydrogens (tertiary/aromatic N) is 3. The lowest BCUT2D eigenvalue weighted by Crippen LogP contribution is -1.89. The van der Waals surface area contributed by atoms with Crippen LogP contribution in [0.3, 0.4) is 0 Å². The molecule has 0 bridgehead atoms. The predicted molar refractivity (Wildman–Crippen MR) is 85.5 cm³/mol. The predicted octanol–water partition coefficient (Wildman–Crippen LogP) is 4.61. The van der Waals surface area contributed by atoms with Gasteiger partial charge < -0.3 is 4.42 Å². The monoisotopic (exact) mass is 307 g/mol. The molecule has 0 aliphatic rings. The van der Waals surface area contributed by atoms with E-state index < -0.39 is 0 Å². The lowest BCUT2D eigenvalue weighted by atomic mass is 10.1. The normalized spacial score (nSPS) is 11.0. The first-order valence-electron chi connectivity index (χ1n) is 6.76. The summed E-state index contributed by atoms with van der Waals surface area (Å²) >= 11 is 6.02. The van der Waals surface area contributed by atoms with Gasteiger partial charge in [0.1, 0.15) is 5.69 Å². The molecule has 2 aromatic heterocycles. The van der Waals surface area contributed by atoms with Crippen LogP contribution in [-0.2, 0) is 0 Å². The van der Waals surface area contributed by atoms with Crippen LogP contribution in [-0.4, -0.2) is 15.0 Å². The molecule has 2 heterocycles. The Balaban J connectivity index is 1.97. The Bertz CT molecular complexity index is 936. The maximum Gasteiger partial charge on any atom is 0.252 e. The molecule has 0 saturated carbocycles. The quantitative estimate of drug-likeness (QED) is 0.508. The van der Waals surface area contributed by atoms with Gasteiger partial charge in [-0.2, -0.15) is 4.98 Å². The van der Waals surface area contributed by atoms with Crippen LogP contribution >= 0.6 is 11.6 Å². The minimum Gasteiger partial charge on any atom is -0.417 e. The Morgan fingerprint density at radius 3 is 2.05 bits per heavy atom. The minimum absolute atomic E-state index is 0.141. The number of benzene rings is 2. The van der Waals surface area contributed by atoms with Crippen molar-refractivity contribution in [2.75, 3.05) is 0 Å². The zero-order chi connectivity index (χ0) is 14.9. The molecule has 0 amide bonds. The van der Waals surface area contributed by atoms with Crippen LogP contribution in [0.4, 0.5) is 0 Å². The van der Waals surface area contributed by atoms with Gasteiger partial charge >= 0.3 is 0 Å². The van der Waals surface area contributed by atoms with Crippen molar-refractivity contribution in [3.8, 4) is 22.7 Å². The van der Waals surface area contributed by atoms with E-state index in [2.05, 4.69) is 15.0 Å². The molecule has 22 heavy (non-hydrogen) atoms. The van der Waals surface area contributed by atoms with Crippen LogP contribution in [0.2, 0.25) is 5.28 Å². The van der Waals surface area contributed by atoms with Crippen molar-refractivity contribution >= 4 is 22.8 Å². The third-order valence-corrected chi connectivity index (χ3v) is 3.47. The Labute approximate surface area is 131 Å². The van der Waals surface area contributed by atoms with E-state index >= 15 is 0 Å². The summed E-state index contributed by atoms with van der Waals surface area (Å²) in [5, 5.41) is 0.141. The highest BCUT2D eigenvalue weighted by Crippen LogP contribution is 2.30. The summed E-state index contributed by atoms with van der Waals surface area (Å²) in [4.78, 5) is 13.0. The molecular formula is C17H10ClN3O. The van der Waals surface area contributed by atoms with Crippen molar-refractivity contribution in [3.05, 3.63) is 65.9 Å². The molecule has 0 radical (unpaired) electrons. The van der Waals surface area contributed by atoms with E-state index in [0.29, 0.717) is 22.8 Å². The van der Waals surface area contributed by atoms with Gasteiger partial charge in [-0.25, -0.2) is 9.97 Å². The first kappa shape index (κ1) is 13.0. The van der Waals surface area contributed by atoms with Gasteiger partial charge in [0.2, 0.25) is 11.2 Å². The summed E-state index contributed by atoms with van der Waals surface area (Å²) in [5.41, 5.74) is 3.47. The molecule has 106 valence electrons. The topological polar surface area (TPSA) is 51.8 Å². The highest BCUT2D eigenvalue weighted by Gasteiger charge is 2.16. The van der Waals surface area contributed by atoms with Crippen molar-refractivity contribution in [1.29, 1.82) is 0 Å². The molecule has 4 aromatic rings.